The molecule has 0 saturated carbocycles. The minimum absolute atomic E-state index is 0.158. The lowest BCUT2D eigenvalue weighted by Gasteiger charge is -2.13. The number of nitrogens with one attached hydrogen (secondary N) is 2. The maximum absolute atomic E-state index is 13.7. The largest absolute Gasteiger partial charge is 0.480 e. The highest BCUT2D eigenvalue weighted by Gasteiger charge is 2.26. The number of aromatic nitrogens is 6. The smallest absolute Gasteiger partial charge is 0.332 e. The van der Waals surface area contributed by atoms with Gasteiger partial charge in [-0.15, -0.1) is 0 Å². The van der Waals surface area contributed by atoms with Crippen molar-refractivity contribution in [3.8, 4) is 11.4 Å². The van der Waals surface area contributed by atoms with E-state index in [-0.39, 0.29) is 29.1 Å². The molecule has 3 N–H and O–H groups in total. The Labute approximate surface area is 239 Å². The maximum Gasteiger partial charge on any atom is 0.332 e. The van der Waals surface area contributed by atoms with Gasteiger partial charge in [0.05, 0.1) is 17.8 Å². The molecule has 5 rings (SSSR count). The number of hydrogen-bond acceptors (Lipinski definition) is 5. The topological polar surface area (TPSA) is 149 Å². The number of hydrogen-bond donors (Lipinski definition) is 3. The second-order valence-corrected chi connectivity index (χ2v) is 11.1. The van der Waals surface area contributed by atoms with Gasteiger partial charge in [0.1, 0.15) is 17.6 Å². The van der Waals surface area contributed by atoms with Crippen molar-refractivity contribution in [3.05, 3.63) is 66.7 Å². The number of fused-ring (bicyclic) bond motifs is 2. The van der Waals surface area contributed by atoms with E-state index in [0.717, 1.165) is 45.7 Å². The van der Waals surface area contributed by atoms with E-state index < -0.39 is 29.7 Å². The second kappa shape index (κ2) is 10.9. The Morgan fingerprint density at radius 2 is 2.00 bits per heavy atom. The average molecular weight is 582 g/mol. The molecule has 4 aromatic heterocycles. The molecule has 1 atom stereocenters. The van der Waals surface area contributed by atoms with Crippen LogP contribution in [0.25, 0.3) is 28.5 Å². The fraction of sp³-hybridized carbons (Fsp3) is 0.393. The zero-order chi connectivity index (χ0) is 29.6. The maximum atomic E-state index is 13.7. The summed E-state index contributed by atoms with van der Waals surface area (Å²) in [6.45, 7) is 4.18. The molecule has 0 spiro atoms. The molecule has 216 valence electrons. The van der Waals surface area contributed by atoms with Crippen molar-refractivity contribution >= 4 is 40.6 Å². The van der Waals surface area contributed by atoms with Crippen LogP contribution in [-0.2, 0) is 38.4 Å². The summed E-state index contributed by atoms with van der Waals surface area (Å²) in [5.74, 6) is -1.57. The summed E-state index contributed by atoms with van der Waals surface area (Å²) in [6, 6.07) is 1.59. The molecule has 0 fully saturated rings. The number of rotatable bonds is 9. The molecule has 13 heteroatoms. The molecule has 12 nitrogen and oxygen atoms in total. The molecule has 0 aliphatic heterocycles. The molecule has 0 radical (unpaired) electrons. The number of amides is 1. The summed E-state index contributed by atoms with van der Waals surface area (Å²) in [6.07, 6.45) is 7.75. The van der Waals surface area contributed by atoms with Gasteiger partial charge in [-0.2, -0.15) is 5.10 Å². The summed E-state index contributed by atoms with van der Waals surface area (Å²) in [7, 11) is 3.18. The van der Waals surface area contributed by atoms with E-state index >= 15 is 0 Å². The van der Waals surface area contributed by atoms with Crippen LogP contribution in [0.3, 0.4) is 0 Å². The minimum Gasteiger partial charge on any atom is -0.480 e. The second-order valence-electron chi connectivity index (χ2n) is 10.6. The molecule has 4 heterocycles. The Hall–Kier alpha value is -4.32. The van der Waals surface area contributed by atoms with Crippen LogP contribution < -0.4 is 16.6 Å². The zero-order valence-corrected chi connectivity index (χ0v) is 24.1. The lowest BCUT2D eigenvalue weighted by Crippen LogP contribution is -2.39. The lowest BCUT2D eigenvalue weighted by atomic mass is 10.0. The number of aliphatic carboxylic acids is 1. The van der Waals surface area contributed by atoms with Crippen molar-refractivity contribution < 1.29 is 14.7 Å². The van der Waals surface area contributed by atoms with Gasteiger partial charge >= 0.3 is 11.7 Å². The quantitative estimate of drug-likeness (QED) is 0.277. The Balaban J connectivity index is 1.75. The highest BCUT2D eigenvalue weighted by molar-refractivity contribution is 6.31. The fourth-order valence-corrected chi connectivity index (χ4v) is 5.40. The van der Waals surface area contributed by atoms with E-state index in [0.29, 0.717) is 17.9 Å². The zero-order valence-electron chi connectivity index (χ0n) is 23.3. The van der Waals surface area contributed by atoms with Gasteiger partial charge < -0.3 is 20.0 Å². The van der Waals surface area contributed by atoms with Crippen molar-refractivity contribution in [2.24, 2.45) is 20.0 Å². The van der Waals surface area contributed by atoms with E-state index in [1.54, 1.807) is 28.6 Å². The third-order valence-corrected chi connectivity index (χ3v) is 7.95. The van der Waals surface area contributed by atoms with Crippen molar-refractivity contribution in [1.82, 2.24) is 33.8 Å². The highest BCUT2D eigenvalue weighted by Crippen LogP contribution is 2.32. The summed E-state index contributed by atoms with van der Waals surface area (Å²) in [5, 5.41) is 17.2. The van der Waals surface area contributed by atoms with Crippen LogP contribution in [0, 0.1) is 5.92 Å². The van der Waals surface area contributed by atoms with E-state index in [4.69, 9.17) is 21.8 Å². The summed E-state index contributed by atoms with van der Waals surface area (Å²) in [4.78, 5) is 54.0. The Bertz CT molecular complexity index is 1830. The van der Waals surface area contributed by atoms with Crippen LogP contribution in [0.5, 0.6) is 0 Å². The van der Waals surface area contributed by atoms with E-state index in [1.807, 2.05) is 26.1 Å². The fourth-order valence-electron chi connectivity index (χ4n) is 5.20. The van der Waals surface area contributed by atoms with Gasteiger partial charge in [0.25, 0.3) is 11.5 Å². The number of H-pyrrole nitrogens is 1. The number of carboxylic acids is 1. The lowest BCUT2D eigenvalue weighted by molar-refractivity contribution is -0.135. The minimum atomic E-state index is -1.16. The van der Waals surface area contributed by atoms with Gasteiger partial charge in [-0.25, -0.2) is 4.79 Å². The van der Waals surface area contributed by atoms with Gasteiger partial charge in [0.15, 0.2) is 5.65 Å². The molecule has 41 heavy (non-hydrogen) atoms. The van der Waals surface area contributed by atoms with Crippen molar-refractivity contribution in [3.63, 3.8) is 0 Å². The first-order valence-electron chi connectivity index (χ1n) is 13.4. The van der Waals surface area contributed by atoms with Crippen LogP contribution >= 0.6 is 11.6 Å². The van der Waals surface area contributed by atoms with Crippen LogP contribution in [-0.4, -0.2) is 52.0 Å². The van der Waals surface area contributed by atoms with Crippen LogP contribution in [0.15, 0.2) is 33.1 Å². The number of carbonyl (C=O) groups excluding carboxylic acids is 1. The summed E-state index contributed by atoms with van der Waals surface area (Å²) in [5.41, 5.74) is 3.44. The first kappa shape index (κ1) is 28.2. The van der Waals surface area contributed by atoms with Crippen LogP contribution in [0.4, 0.5) is 0 Å². The number of aromatic amines is 1. The van der Waals surface area contributed by atoms with Gasteiger partial charge in [0, 0.05) is 49.3 Å². The van der Waals surface area contributed by atoms with Gasteiger partial charge in [0.2, 0.25) is 0 Å². The number of carboxylic acid groups (broad SMARTS) is 1. The van der Waals surface area contributed by atoms with Crippen molar-refractivity contribution in [1.29, 1.82) is 0 Å². The molecule has 0 aromatic carbocycles. The van der Waals surface area contributed by atoms with Crippen LogP contribution in [0.1, 0.15) is 53.9 Å². The Morgan fingerprint density at radius 3 is 2.71 bits per heavy atom. The number of carbonyl (C=O) groups is 2. The van der Waals surface area contributed by atoms with Crippen LogP contribution in [0.2, 0.25) is 0 Å². The third kappa shape index (κ3) is 5.15. The molecule has 4 aromatic rings. The van der Waals surface area contributed by atoms with E-state index in [1.165, 1.54) is 11.6 Å². The molecule has 0 saturated heterocycles. The molecular weight excluding hydrogens is 550 g/mol. The van der Waals surface area contributed by atoms with E-state index in [9.17, 15) is 19.2 Å². The molecule has 1 unspecified atom stereocenters. The molecule has 1 amide bonds. The number of halogens is 1. The van der Waals surface area contributed by atoms with Gasteiger partial charge in [-0.05, 0) is 36.5 Å². The highest BCUT2D eigenvalue weighted by atomic mass is 35.5. The predicted octanol–water partition coefficient (Wildman–Crippen LogP) is 2.67. The van der Waals surface area contributed by atoms with E-state index in [2.05, 4.69) is 10.3 Å². The molecule has 0 bridgehead atoms. The number of nitrogens with zero attached hydrogens (tertiary/aromatic N) is 5. The van der Waals surface area contributed by atoms with Crippen molar-refractivity contribution in [2.45, 2.75) is 46.2 Å². The first-order valence-corrected chi connectivity index (χ1v) is 13.8. The average Bonchev–Trinajstić information content (AvgIpc) is 3.63. The first-order chi connectivity index (χ1) is 19.5. The standard InChI is InChI=1S/C28H32ClN7O5/c1-5-15(2)12-35-25-23(27(40)34(4)28(35)41)24(21-8-16(13-33(21)3)26(39)31-11-22(37)38)36(32-25)14-17-10-30-20-7-6-18(29)9-19(17)20/h8-10,13,15,30H,5-7,11-12,14H2,1-4H3,(H,31,39)(H,37,38). The van der Waals surface area contributed by atoms with Gasteiger partial charge in [-0.3, -0.25) is 28.2 Å². The SMILES string of the molecule is CCC(C)Cn1c(=O)n(C)c(=O)c2c(-c3cc(C(=O)NCC(=O)O)cn3C)n(Cc3c[nH]c4c3C=C(Cl)CC4)nc21. The monoisotopic (exact) mass is 581 g/mol. The predicted molar refractivity (Wildman–Crippen MR) is 155 cm³/mol. The Kier molecular flexibility index (Phi) is 7.52. The molecular formula is C28H32ClN7O5. The number of aryl methyl sites for hydroxylation is 2. The summed E-state index contributed by atoms with van der Waals surface area (Å²) < 4.78 is 6.00. The molecule has 1 aliphatic carbocycles. The normalized spacial score (nSPS) is 13.7. The van der Waals surface area contributed by atoms with Gasteiger partial charge in [-0.1, -0.05) is 31.9 Å². The molecule has 1 aliphatic rings. The van der Waals surface area contributed by atoms with Crippen molar-refractivity contribution in [2.75, 3.05) is 6.54 Å². The number of allylic oxidation sites excluding steroid dienone is 1. The summed E-state index contributed by atoms with van der Waals surface area (Å²) >= 11 is 6.37. The third-order valence-electron chi connectivity index (χ3n) is 7.65. The Morgan fingerprint density at radius 1 is 1.24 bits per heavy atom.